The summed E-state index contributed by atoms with van der Waals surface area (Å²) >= 11 is 0. The Morgan fingerprint density at radius 1 is 1.09 bits per heavy atom. The Morgan fingerprint density at radius 3 is 2.36 bits per heavy atom. The summed E-state index contributed by atoms with van der Waals surface area (Å²) in [6.07, 6.45) is 0. The first-order valence-corrected chi connectivity index (χ1v) is 5.87. The van der Waals surface area contributed by atoms with Crippen LogP contribution in [0.15, 0.2) is 36.4 Å². The molecule has 3 rings (SSSR count). The number of aromatic nitrogens is 3. The van der Waals surface area contributed by atoms with Gasteiger partial charge in [-0.25, -0.2) is 0 Å². The molecule has 0 aliphatic rings. The zero-order valence-electron chi connectivity index (χ0n) is 10.7. The number of fused-ring (bicyclic) bond motifs is 1. The molecule has 0 saturated carbocycles. The predicted octanol–water partition coefficient (Wildman–Crippen LogP) is 0.894. The second-order valence-corrected chi connectivity index (χ2v) is 4.27. The second kappa shape index (κ2) is 6.06. The molecule has 0 spiro atoms. The topological polar surface area (TPSA) is 125 Å². The van der Waals surface area contributed by atoms with Crippen molar-refractivity contribution in [2.45, 2.75) is 0 Å². The van der Waals surface area contributed by atoms with Crippen molar-refractivity contribution in [3.63, 3.8) is 0 Å². The van der Waals surface area contributed by atoms with Crippen molar-refractivity contribution in [3.8, 4) is 11.1 Å². The third-order valence-corrected chi connectivity index (χ3v) is 3.08. The number of nitro groups is 1. The van der Waals surface area contributed by atoms with Crippen LogP contribution in [-0.2, 0) is 22.4 Å². The molecule has 0 aliphatic carbocycles. The molecular weight excluding hydrogens is 384 g/mol. The number of H-pyrrole nitrogens is 1. The molecule has 1 N–H and O–H groups in total. The normalized spacial score (nSPS) is 10.2. The molecule has 0 unspecified atom stereocenters. The quantitative estimate of drug-likeness (QED) is 0.402. The zero-order chi connectivity index (χ0) is 15.0. The molecule has 22 heavy (non-hydrogen) atoms. The first kappa shape index (κ1) is 15.8. The van der Waals surface area contributed by atoms with E-state index in [1.807, 2.05) is 0 Å². The molecule has 0 amide bonds. The van der Waals surface area contributed by atoms with Crippen molar-refractivity contribution in [1.29, 1.82) is 0 Å². The van der Waals surface area contributed by atoms with Crippen LogP contribution < -0.4 is 5.11 Å². The number of nitrogens with zero attached hydrogens (tertiary/aromatic N) is 3. The average Bonchev–Trinajstić information content (AvgIpc) is 2.94. The number of non-ortho nitro benzene ring substituents is 1. The fourth-order valence-corrected chi connectivity index (χ4v) is 2.12. The number of carboxylic acids is 1. The SMILES string of the molecule is O=C([O-])c1c(-c2ccc([N+](=O)[O-])cc2)ccc2n[nH]nc12.[Ag+]. The minimum absolute atomic E-state index is 0. The third-order valence-electron chi connectivity index (χ3n) is 3.08. The van der Waals surface area contributed by atoms with E-state index in [0.29, 0.717) is 16.6 Å². The van der Waals surface area contributed by atoms with Crippen LogP contribution >= 0.6 is 0 Å². The van der Waals surface area contributed by atoms with Crippen LogP contribution in [0.2, 0.25) is 0 Å². The Morgan fingerprint density at radius 2 is 1.77 bits per heavy atom. The van der Waals surface area contributed by atoms with Gasteiger partial charge in [-0.15, -0.1) is 0 Å². The molecule has 0 atom stereocenters. The van der Waals surface area contributed by atoms with E-state index < -0.39 is 10.9 Å². The number of rotatable bonds is 3. The first-order valence-electron chi connectivity index (χ1n) is 5.87. The minimum atomic E-state index is -1.39. The summed E-state index contributed by atoms with van der Waals surface area (Å²) in [5.41, 5.74) is 1.30. The van der Waals surface area contributed by atoms with Crippen LogP contribution in [0.4, 0.5) is 5.69 Å². The maximum absolute atomic E-state index is 11.4. The molecule has 0 fully saturated rings. The predicted molar refractivity (Wildman–Crippen MR) is 70.3 cm³/mol. The smallest absolute Gasteiger partial charge is 0.545 e. The van der Waals surface area contributed by atoms with Gasteiger partial charge in [-0.2, -0.15) is 15.4 Å². The number of hydrogen-bond donors (Lipinski definition) is 1. The van der Waals surface area contributed by atoms with Gasteiger partial charge in [0.2, 0.25) is 0 Å². The van der Waals surface area contributed by atoms with E-state index in [1.54, 1.807) is 12.1 Å². The van der Waals surface area contributed by atoms with E-state index in [1.165, 1.54) is 24.3 Å². The van der Waals surface area contributed by atoms with Crippen LogP contribution in [0.1, 0.15) is 10.4 Å². The van der Waals surface area contributed by atoms with Crippen molar-refractivity contribution in [3.05, 3.63) is 52.1 Å². The molecular formula is C13H7AgN4O4. The maximum Gasteiger partial charge on any atom is 1.00 e. The largest absolute Gasteiger partial charge is 1.00 e. The van der Waals surface area contributed by atoms with Crippen LogP contribution in [0.5, 0.6) is 0 Å². The molecule has 9 heteroatoms. The Hall–Kier alpha value is -2.55. The third kappa shape index (κ3) is 2.62. The fourth-order valence-electron chi connectivity index (χ4n) is 2.12. The molecule has 8 nitrogen and oxygen atoms in total. The average molecular weight is 391 g/mol. The Balaban J connectivity index is 0.00000176. The van der Waals surface area contributed by atoms with Crippen molar-refractivity contribution < 1.29 is 37.2 Å². The van der Waals surface area contributed by atoms with Gasteiger partial charge in [0.05, 0.1) is 10.9 Å². The van der Waals surface area contributed by atoms with Gasteiger partial charge in [0, 0.05) is 17.7 Å². The summed E-state index contributed by atoms with van der Waals surface area (Å²) in [6.45, 7) is 0. The second-order valence-electron chi connectivity index (χ2n) is 4.27. The monoisotopic (exact) mass is 390 g/mol. The molecule has 1 heterocycles. The number of nitrogens with one attached hydrogen (secondary N) is 1. The van der Waals surface area contributed by atoms with E-state index in [2.05, 4.69) is 15.4 Å². The van der Waals surface area contributed by atoms with E-state index in [9.17, 15) is 20.0 Å². The van der Waals surface area contributed by atoms with Gasteiger partial charge in [-0.3, -0.25) is 10.1 Å². The van der Waals surface area contributed by atoms with E-state index in [-0.39, 0.29) is 39.1 Å². The number of aromatic carboxylic acids is 1. The van der Waals surface area contributed by atoms with Crippen LogP contribution in [0, 0.1) is 10.1 Å². The van der Waals surface area contributed by atoms with Crippen molar-refractivity contribution in [2.75, 3.05) is 0 Å². The van der Waals surface area contributed by atoms with Gasteiger partial charge in [0.25, 0.3) is 5.69 Å². The standard InChI is InChI=1S/C13H8N4O4.Ag/c18-13(19)11-9(5-6-10-12(11)15-16-14-10)7-1-3-8(4-2-7)17(20)21;/h1-6H,(H,18,19)(H,14,15,16);/q;+1/p-1. The van der Waals surface area contributed by atoms with Crippen molar-refractivity contribution >= 4 is 22.7 Å². The van der Waals surface area contributed by atoms with E-state index >= 15 is 0 Å². The fraction of sp³-hybridized carbons (Fsp3) is 0. The minimum Gasteiger partial charge on any atom is -0.545 e. The number of benzene rings is 2. The molecule has 114 valence electrons. The Kier molecular flexibility index (Phi) is 4.36. The molecule has 0 radical (unpaired) electrons. The van der Waals surface area contributed by atoms with Crippen LogP contribution in [-0.4, -0.2) is 26.3 Å². The Labute approximate surface area is 138 Å². The van der Waals surface area contributed by atoms with Crippen molar-refractivity contribution in [2.24, 2.45) is 0 Å². The van der Waals surface area contributed by atoms with Gasteiger partial charge in [0.15, 0.2) is 0 Å². The molecule has 1 aromatic heterocycles. The van der Waals surface area contributed by atoms with Gasteiger partial charge < -0.3 is 9.90 Å². The zero-order valence-corrected chi connectivity index (χ0v) is 12.2. The van der Waals surface area contributed by atoms with Crippen LogP contribution in [0.25, 0.3) is 22.2 Å². The summed E-state index contributed by atoms with van der Waals surface area (Å²) in [6, 6.07) is 8.75. The van der Waals surface area contributed by atoms with E-state index in [0.717, 1.165) is 0 Å². The van der Waals surface area contributed by atoms with Crippen molar-refractivity contribution in [1.82, 2.24) is 15.4 Å². The van der Waals surface area contributed by atoms with Gasteiger partial charge in [-0.1, -0.05) is 6.07 Å². The Bertz CT molecular complexity index is 860. The summed E-state index contributed by atoms with van der Waals surface area (Å²) in [4.78, 5) is 21.5. The first-order chi connectivity index (χ1) is 10.1. The maximum atomic E-state index is 11.4. The summed E-state index contributed by atoms with van der Waals surface area (Å²) < 4.78 is 0. The number of carboxylic acid groups (broad SMARTS) is 1. The molecule has 0 aliphatic heterocycles. The summed E-state index contributed by atoms with van der Waals surface area (Å²) in [5, 5.41) is 32.0. The number of hydrogen-bond acceptors (Lipinski definition) is 6. The van der Waals surface area contributed by atoms with E-state index in [4.69, 9.17) is 0 Å². The molecule has 0 saturated heterocycles. The molecule has 3 aromatic rings. The number of carbonyl (C=O) groups is 1. The van der Waals surface area contributed by atoms with Gasteiger partial charge in [0.1, 0.15) is 11.0 Å². The summed E-state index contributed by atoms with van der Waals surface area (Å²) in [7, 11) is 0. The summed E-state index contributed by atoms with van der Waals surface area (Å²) in [5.74, 6) is -1.39. The van der Waals surface area contributed by atoms with Gasteiger partial charge >= 0.3 is 22.4 Å². The van der Waals surface area contributed by atoms with Gasteiger partial charge in [-0.05, 0) is 29.3 Å². The number of nitro benzene ring substituents is 1. The van der Waals surface area contributed by atoms with Crippen LogP contribution in [0.3, 0.4) is 0 Å². The number of carbonyl (C=O) groups excluding carboxylic acids is 1. The molecule has 2 aromatic carbocycles. The number of aromatic amines is 1. The molecule has 0 bridgehead atoms.